The second-order valence-corrected chi connectivity index (χ2v) is 4.37. The molecule has 0 radical (unpaired) electrons. The average Bonchev–Trinajstić information content (AvgIpc) is 3.12. The van der Waals surface area contributed by atoms with Gasteiger partial charge < -0.3 is 9.84 Å². The minimum Gasteiger partial charge on any atom is -0.490 e. The van der Waals surface area contributed by atoms with E-state index in [2.05, 4.69) is 0 Å². The number of ether oxygens (including phenoxy) is 1. The third-order valence-corrected chi connectivity index (χ3v) is 3.05. The van der Waals surface area contributed by atoms with Crippen molar-refractivity contribution in [3.63, 3.8) is 0 Å². The van der Waals surface area contributed by atoms with Crippen LogP contribution in [0.3, 0.4) is 0 Å². The van der Waals surface area contributed by atoms with Gasteiger partial charge in [0.2, 0.25) is 0 Å². The fourth-order valence-electron chi connectivity index (χ4n) is 1.89. The minimum atomic E-state index is -0.472. The van der Waals surface area contributed by atoms with Crippen LogP contribution in [0.15, 0.2) is 18.2 Å². The zero-order valence-corrected chi connectivity index (χ0v) is 9.63. The van der Waals surface area contributed by atoms with Gasteiger partial charge >= 0.3 is 5.69 Å². The summed E-state index contributed by atoms with van der Waals surface area (Å²) in [5.74, 6) is 0.645. The number of nitro groups is 1. The van der Waals surface area contributed by atoms with Crippen molar-refractivity contribution in [1.82, 2.24) is 0 Å². The molecule has 0 aromatic heterocycles. The zero-order chi connectivity index (χ0) is 12.4. The Morgan fingerprint density at radius 1 is 1.59 bits per heavy atom. The standard InChI is InChI=1S/C12H15NO4/c1-17-12-7-8(2-5-10(12)13(15)16)6-11(14)9-3-4-9/h2,5,7,9,11,14H,3-4,6H2,1H3. The van der Waals surface area contributed by atoms with Crippen molar-refractivity contribution in [3.05, 3.63) is 33.9 Å². The predicted molar refractivity (Wildman–Crippen MR) is 62.1 cm³/mol. The van der Waals surface area contributed by atoms with Crippen LogP contribution in [-0.2, 0) is 6.42 Å². The van der Waals surface area contributed by atoms with Crippen molar-refractivity contribution in [2.45, 2.75) is 25.4 Å². The minimum absolute atomic E-state index is 0.0443. The highest BCUT2D eigenvalue weighted by Gasteiger charge is 2.29. The lowest BCUT2D eigenvalue weighted by Crippen LogP contribution is -2.12. The number of aliphatic hydroxyl groups is 1. The van der Waals surface area contributed by atoms with Gasteiger partial charge in [-0.1, -0.05) is 6.07 Å². The Balaban J connectivity index is 2.15. The second-order valence-electron chi connectivity index (χ2n) is 4.37. The van der Waals surface area contributed by atoms with Gasteiger partial charge in [0.05, 0.1) is 18.1 Å². The van der Waals surface area contributed by atoms with Gasteiger partial charge in [0.1, 0.15) is 0 Å². The molecule has 92 valence electrons. The fraction of sp³-hybridized carbons (Fsp3) is 0.500. The smallest absolute Gasteiger partial charge is 0.310 e. The van der Waals surface area contributed by atoms with Crippen LogP contribution < -0.4 is 4.74 Å². The van der Waals surface area contributed by atoms with Gasteiger partial charge in [0.25, 0.3) is 0 Å². The number of rotatable bonds is 5. The molecule has 0 aliphatic heterocycles. The van der Waals surface area contributed by atoms with Gasteiger partial charge in [0.15, 0.2) is 5.75 Å². The fourth-order valence-corrected chi connectivity index (χ4v) is 1.89. The number of methoxy groups -OCH3 is 1. The van der Waals surface area contributed by atoms with Crippen molar-refractivity contribution >= 4 is 5.69 Å². The van der Waals surface area contributed by atoms with Crippen LogP contribution in [0.25, 0.3) is 0 Å². The topological polar surface area (TPSA) is 72.6 Å². The summed E-state index contributed by atoms with van der Waals surface area (Å²) in [6.45, 7) is 0. The van der Waals surface area contributed by atoms with E-state index in [1.165, 1.54) is 13.2 Å². The molecule has 1 aromatic rings. The summed E-state index contributed by atoms with van der Waals surface area (Å²) in [4.78, 5) is 10.2. The lowest BCUT2D eigenvalue weighted by molar-refractivity contribution is -0.385. The Morgan fingerprint density at radius 3 is 2.82 bits per heavy atom. The van der Waals surface area contributed by atoms with Crippen LogP contribution in [0, 0.1) is 16.0 Å². The molecular weight excluding hydrogens is 222 g/mol. The lowest BCUT2D eigenvalue weighted by Gasteiger charge is -2.10. The molecule has 1 saturated carbocycles. The third-order valence-electron chi connectivity index (χ3n) is 3.05. The van der Waals surface area contributed by atoms with E-state index in [0.717, 1.165) is 18.4 Å². The molecule has 1 aromatic carbocycles. The van der Waals surface area contributed by atoms with E-state index in [-0.39, 0.29) is 17.5 Å². The van der Waals surface area contributed by atoms with Crippen molar-refractivity contribution in [3.8, 4) is 5.75 Å². The summed E-state index contributed by atoms with van der Waals surface area (Å²) in [5, 5.41) is 20.5. The second kappa shape index (κ2) is 4.71. The lowest BCUT2D eigenvalue weighted by atomic mass is 10.0. The van der Waals surface area contributed by atoms with Crippen molar-refractivity contribution in [2.75, 3.05) is 7.11 Å². The zero-order valence-electron chi connectivity index (χ0n) is 9.63. The summed E-state index contributed by atoms with van der Waals surface area (Å²) in [6.07, 6.45) is 2.33. The summed E-state index contributed by atoms with van der Waals surface area (Å²) in [7, 11) is 1.41. The Kier molecular flexibility index (Phi) is 3.28. The maximum Gasteiger partial charge on any atom is 0.310 e. The molecule has 0 spiro atoms. The molecule has 1 fully saturated rings. The molecule has 5 nitrogen and oxygen atoms in total. The van der Waals surface area contributed by atoms with Crippen molar-refractivity contribution in [2.24, 2.45) is 5.92 Å². The Hall–Kier alpha value is -1.62. The molecule has 1 aliphatic rings. The van der Waals surface area contributed by atoms with E-state index in [1.807, 2.05) is 0 Å². The number of nitro benzene ring substituents is 1. The molecule has 17 heavy (non-hydrogen) atoms. The number of aliphatic hydroxyl groups excluding tert-OH is 1. The number of benzene rings is 1. The first-order chi connectivity index (χ1) is 8.11. The number of hydrogen-bond acceptors (Lipinski definition) is 4. The van der Waals surface area contributed by atoms with E-state index in [9.17, 15) is 15.2 Å². The Bertz CT molecular complexity index is 429. The molecule has 0 bridgehead atoms. The predicted octanol–water partition coefficient (Wildman–Crippen LogP) is 1.92. The highest BCUT2D eigenvalue weighted by Crippen LogP contribution is 2.35. The maximum absolute atomic E-state index is 10.7. The van der Waals surface area contributed by atoms with Gasteiger partial charge in [-0.05, 0) is 36.8 Å². The molecule has 1 atom stereocenters. The highest BCUT2D eigenvalue weighted by atomic mass is 16.6. The van der Waals surface area contributed by atoms with Crippen molar-refractivity contribution < 1.29 is 14.8 Å². The molecule has 1 aliphatic carbocycles. The van der Waals surface area contributed by atoms with E-state index in [4.69, 9.17) is 4.74 Å². The first-order valence-electron chi connectivity index (χ1n) is 5.61. The molecule has 2 rings (SSSR count). The van der Waals surface area contributed by atoms with E-state index >= 15 is 0 Å². The van der Waals surface area contributed by atoms with E-state index in [1.54, 1.807) is 12.1 Å². The van der Waals surface area contributed by atoms with Crippen LogP contribution >= 0.6 is 0 Å². The first-order valence-corrected chi connectivity index (χ1v) is 5.61. The molecule has 5 heteroatoms. The van der Waals surface area contributed by atoms with Gasteiger partial charge in [-0.2, -0.15) is 0 Å². The van der Waals surface area contributed by atoms with Gasteiger partial charge in [-0.25, -0.2) is 0 Å². The summed E-state index contributed by atoms with van der Waals surface area (Å²) >= 11 is 0. The van der Waals surface area contributed by atoms with Crippen LogP contribution in [0.1, 0.15) is 18.4 Å². The monoisotopic (exact) mass is 237 g/mol. The molecule has 0 amide bonds. The van der Waals surface area contributed by atoms with Crippen LogP contribution in [-0.4, -0.2) is 23.2 Å². The summed E-state index contributed by atoms with van der Waals surface area (Å²) in [6, 6.07) is 4.73. The van der Waals surface area contributed by atoms with Gasteiger partial charge in [0, 0.05) is 6.07 Å². The molecule has 0 heterocycles. The van der Waals surface area contributed by atoms with Crippen LogP contribution in [0.2, 0.25) is 0 Å². The number of nitrogens with zero attached hydrogens (tertiary/aromatic N) is 1. The van der Waals surface area contributed by atoms with Crippen molar-refractivity contribution in [1.29, 1.82) is 0 Å². The SMILES string of the molecule is COc1cc(CC(O)C2CC2)ccc1[N+](=O)[O-]. The van der Waals surface area contributed by atoms with Gasteiger partial charge in [-0.15, -0.1) is 0 Å². The molecular formula is C12H15NO4. The Labute approximate surface area is 99.2 Å². The summed E-state index contributed by atoms with van der Waals surface area (Å²) < 4.78 is 4.98. The van der Waals surface area contributed by atoms with Crippen LogP contribution in [0.5, 0.6) is 5.75 Å². The molecule has 1 unspecified atom stereocenters. The molecule has 1 N–H and O–H groups in total. The normalized spacial score (nSPS) is 16.6. The average molecular weight is 237 g/mol. The van der Waals surface area contributed by atoms with Gasteiger partial charge in [-0.3, -0.25) is 10.1 Å². The third kappa shape index (κ3) is 2.74. The number of hydrogen-bond donors (Lipinski definition) is 1. The molecule has 0 saturated heterocycles. The highest BCUT2D eigenvalue weighted by molar-refractivity contribution is 5.48. The van der Waals surface area contributed by atoms with E-state index < -0.39 is 4.92 Å². The van der Waals surface area contributed by atoms with Crippen LogP contribution in [0.4, 0.5) is 5.69 Å². The largest absolute Gasteiger partial charge is 0.490 e. The Morgan fingerprint density at radius 2 is 2.29 bits per heavy atom. The maximum atomic E-state index is 10.7. The van der Waals surface area contributed by atoms with E-state index in [0.29, 0.717) is 12.3 Å². The summed E-state index contributed by atoms with van der Waals surface area (Å²) in [5.41, 5.74) is 0.823. The first kappa shape index (κ1) is 11.9. The quantitative estimate of drug-likeness (QED) is 0.627.